The Morgan fingerprint density at radius 2 is 2.10 bits per heavy atom. The van der Waals surface area contributed by atoms with Crippen molar-refractivity contribution < 1.29 is 19.1 Å². The molecule has 1 saturated heterocycles. The molecule has 1 aromatic carbocycles. The summed E-state index contributed by atoms with van der Waals surface area (Å²) < 4.78 is 12.3. The highest BCUT2D eigenvalue weighted by molar-refractivity contribution is 6.01. The maximum Gasteiger partial charge on any atom is 0.249 e. The molecule has 2 amide bonds. The van der Waals surface area contributed by atoms with Crippen molar-refractivity contribution in [1.82, 2.24) is 20.4 Å². The Kier molecular flexibility index (Phi) is 4.66. The van der Waals surface area contributed by atoms with Gasteiger partial charge in [0.25, 0.3) is 0 Å². The van der Waals surface area contributed by atoms with Crippen LogP contribution in [0.4, 0.5) is 5.82 Å². The second-order valence-corrected chi connectivity index (χ2v) is 7.85. The first-order valence-electron chi connectivity index (χ1n) is 10.1. The van der Waals surface area contributed by atoms with Gasteiger partial charge in [0, 0.05) is 30.5 Å². The molecule has 5 rings (SSSR count). The molecule has 2 unspecified atom stereocenters. The molecule has 3 heterocycles. The van der Waals surface area contributed by atoms with Crippen LogP contribution in [0.1, 0.15) is 49.7 Å². The number of hydrogen-bond acceptors (Lipinski definition) is 6. The van der Waals surface area contributed by atoms with Crippen LogP contribution in [0.25, 0.3) is 6.08 Å². The van der Waals surface area contributed by atoms with E-state index < -0.39 is 6.29 Å². The third-order valence-electron chi connectivity index (χ3n) is 5.30. The first kappa shape index (κ1) is 18.7. The van der Waals surface area contributed by atoms with Gasteiger partial charge >= 0.3 is 0 Å². The first-order chi connectivity index (χ1) is 14.5. The molecule has 2 fully saturated rings. The van der Waals surface area contributed by atoms with Gasteiger partial charge in [-0.15, -0.1) is 0 Å². The van der Waals surface area contributed by atoms with Crippen LogP contribution >= 0.6 is 0 Å². The lowest BCUT2D eigenvalue weighted by Crippen LogP contribution is -2.52. The van der Waals surface area contributed by atoms with Crippen molar-refractivity contribution in [2.45, 2.75) is 44.4 Å². The number of rotatable bonds is 5. The van der Waals surface area contributed by atoms with Crippen molar-refractivity contribution in [2.75, 3.05) is 12.1 Å². The zero-order chi connectivity index (χ0) is 20.7. The van der Waals surface area contributed by atoms with Crippen molar-refractivity contribution in [1.29, 1.82) is 0 Å². The van der Waals surface area contributed by atoms with E-state index in [9.17, 15) is 9.59 Å². The van der Waals surface area contributed by atoms with Crippen LogP contribution in [0.5, 0.6) is 11.5 Å². The third-order valence-corrected chi connectivity index (χ3v) is 5.30. The number of hydrogen-bond donors (Lipinski definition) is 3. The average Bonchev–Trinajstić information content (AvgIpc) is 3.31. The van der Waals surface area contributed by atoms with Crippen molar-refractivity contribution in [2.24, 2.45) is 0 Å². The van der Waals surface area contributed by atoms with E-state index in [2.05, 4.69) is 21.0 Å². The second kappa shape index (κ2) is 7.49. The number of carbonyl (C=O) groups is 2. The lowest BCUT2D eigenvalue weighted by Gasteiger charge is -2.30. The molecular weight excluding hydrogens is 386 g/mol. The lowest BCUT2D eigenvalue weighted by molar-refractivity contribution is -0.125. The molecule has 1 saturated carbocycles. The smallest absolute Gasteiger partial charge is 0.249 e. The van der Waals surface area contributed by atoms with Crippen molar-refractivity contribution in [3.63, 3.8) is 0 Å². The minimum absolute atomic E-state index is 0.0202. The molecule has 30 heavy (non-hydrogen) atoms. The van der Waals surface area contributed by atoms with Gasteiger partial charge in [0.05, 0.1) is 5.69 Å². The topological polar surface area (TPSA) is 107 Å². The lowest BCUT2D eigenvalue weighted by atomic mass is 10.2. The molecule has 1 aliphatic carbocycles. The van der Waals surface area contributed by atoms with Gasteiger partial charge in [-0.3, -0.25) is 14.9 Å². The summed E-state index contributed by atoms with van der Waals surface area (Å²) in [6, 6.07) is 7.40. The highest BCUT2D eigenvalue weighted by Gasteiger charge is 2.31. The number of fused-ring (bicyclic) bond motifs is 1. The van der Waals surface area contributed by atoms with Crippen molar-refractivity contribution in [3.05, 3.63) is 41.6 Å². The van der Waals surface area contributed by atoms with Crippen LogP contribution in [0.15, 0.2) is 30.3 Å². The molecule has 0 radical (unpaired) electrons. The van der Waals surface area contributed by atoms with E-state index in [0.29, 0.717) is 29.7 Å². The number of carbonyl (C=O) groups excluding carboxylic acids is 2. The predicted molar refractivity (Wildman–Crippen MR) is 109 cm³/mol. The van der Waals surface area contributed by atoms with Crippen LogP contribution in [0.3, 0.4) is 0 Å². The molecule has 9 nitrogen and oxygen atoms in total. The van der Waals surface area contributed by atoms with Gasteiger partial charge in [0.2, 0.25) is 18.6 Å². The molecular formula is C21H23N5O4. The Balaban J connectivity index is 1.33. The van der Waals surface area contributed by atoms with E-state index in [-0.39, 0.29) is 24.6 Å². The van der Waals surface area contributed by atoms with Gasteiger partial charge in [-0.25, -0.2) is 4.68 Å². The Hall–Kier alpha value is -3.33. The minimum Gasteiger partial charge on any atom is -0.454 e. The van der Waals surface area contributed by atoms with Gasteiger partial charge in [0.15, 0.2) is 17.8 Å². The molecule has 3 aliphatic rings. The minimum atomic E-state index is -0.498. The Labute approximate surface area is 173 Å². The zero-order valence-electron chi connectivity index (χ0n) is 16.6. The number of nitrogens with zero attached hydrogens (tertiary/aromatic N) is 2. The summed E-state index contributed by atoms with van der Waals surface area (Å²) in [5.41, 5.74) is 1.76. The van der Waals surface area contributed by atoms with Crippen LogP contribution in [0.2, 0.25) is 0 Å². The van der Waals surface area contributed by atoms with Crippen molar-refractivity contribution >= 4 is 23.7 Å². The SMILES string of the molecule is CC1CC(=O)NC(n2nc(C3CC3)cc2NC(=O)/C=C/c2ccc3c(c2)OCO3)N1. The number of amides is 2. The van der Waals surface area contributed by atoms with Crippen molar-refractivity contribution in [3.8, 4) is 11.5 Å². The molecule has 2 aromatic rings. The molecule has 3 N–H and O–H groups in total. The summed E-state index contributed by atoms with van der Waals surface area (Å²) in [6.07, 6.45) is 5.27. The van der Waals surface area contributed by atoms with Gasteiger partial charge in [-0.2, -0.15) is 5.10 Å². The summed E-state index contributed by atoms with van der Waals surface area (Å²) in [5, 5.41) is 13.7. The maximum absolute atomic E-state index is 12.6. The van der Waals surface area contributed by atoms with Gasteiger partial charge in [0.1, 0.15) is 5.82 Å². The van der Waals surface area contributed by atoms with Gasteiger partial charge in [-0.05, 0) is 43.5 Å². The van der Waals surface area contributed by atoms with Crippen LogP contribution in [-0.2, 0) is 9.59 Å². The van der Waals surface area contributed by atoms with Crippen LogP contribution < -0.4 is 25.4 Å². The van der Waals surface area contributed by atoms with E-state index in [1.807, 2.05) is 31.2 Å². The van der Waals surface area contributed by atoms with Crippen LogP contribution in [-0.4, -0.2) is 34.4 Å². The second-order valence-electron chi connectivity index (χ2n) is 7.85. The number of nitrogens with one attached hydrogen (secondary N) is 3. The highest BCUT2D eigenvalue weighted by Crippen LogP contribution is 2.40. The van der Waals surface area contributed by atoms with E-state index >= 15 is 0 Å². The summed E-state index contributed by atoms with van der Waals surface area (Å²) in [7, 11) is 0. The molecule has 2 aliphatic heterocycles. The number of anilines is 1. The quantitative estimate of drug-likeness (QED) is 0.653. The van der Waals surface area contributed by atoms with Gasteiger partial charge in [-0.1, -0.05) is 6.07 Å². The molecule has 1 aromatic heterocycles. The van der Waals surface area contributed by atoms with E-state index in [1.165, 1.54) is 6.08 Å². The van der Waals surface area contributed by atoms with Crippen LogP contribution in [0, 0.1) is 0 Å². The molecule has 156 valence electrons. The third kappa shape index (κ3) is 3.88. The van der Waals surface area contributed by atoms with Gasteiger partial charge < -0.3 is 20.1 Å². The Bertz CT molecular complexity index is 1030. The van der Waals surface area contributed by atoms with E-state index in [4.69, 9.17) is 9.47 Å². The molecule has 0 spiro atoms. The summed E-state index contributed by atoms with van der Waals surface area (Å²) in [5.74, 6) is 2.00. The fourth-order valence-corrected chi connectivity index (χ4v) is 3.63. The average molecular weight is 409 g/mol. The van der Waals surface area contributed by atoms with E-state index in [1.54, 1.807) is 10.8 Å². The first-order valence-corrected chi connectivity index (χ1v) is 10.1. The summed E-state index contributed by atoms with van der Waals surface area (Å²) in [4.78, 5) is 24.5. The normalized spacial score (nSPS) is 22.9. The molecule has 9 heteroatoms. The fraction of sp³-hybridized carbons (Fsp3) is 0.381. The summed E-state index contributed by atoms with van der Waals surface area (Å²) in [6.45, 7) is 2.16. The number of aromatic nitrogens is 2. The number of ether oxygens (including phenoxy) is 2. The standard InChI is InChI=1S/C21H23N5O4/c1-12-8-20(28)24-21(22-12)26-18(10-15(25-26)14-4-5-14)23-19(27)7-3-13-2-6-16-17(9-13)30-11-29-16/h2-3,6-7,9-10,12,14,21-22H,4-5,8,11H2,1H3,(H,23,27)(H,24,28)/b7-3+. The largest absolute Gasteiger partial charge is 0.454 e. The number of benzene rings is 1. The Morgan fingerprint density at radius 1 is 1.27 bits per heavy atom. The Morgan fingerprint density at radius 3 is 2.90 bits per heavy atom. The maximum atomic E-state index is 12.6. The molecule has 2 atom stereocenters. The summed E-state index contributed by atoms with van der Waals surface area (Å²) >= 11 is 0. The predicted octanol–water partition coefficient (Wildman–Crippen LogP) is 2.10. The monoisotopic (exact) mass is 409 g/mol. The van der Waals surface area contributed by atoms with E-state index in [0.717, 1.165) is 24.1 Å². The zero-order valence-corrected chi connectivity index (χ0v) is 16.6. The fourth-order valence-electron chi connectivity index (χ4n) is 3.63. The molecule has 0 bridgehead atoms. The highest BCUT2D eigenvalue weighted by atomic mass is 16.7.